The Morgan fingerprint density at radius 2 is 2.06 bits per heavy atom. The second kappa shape index (κ2) is 4.69. The second-order valence-electron chi connectivity index (χ2n) is 5.03. The third-order valence-electron chi connectivity index (χ3n) is 3.58. The van der Waals surface area contributed by atoms with E-state index in [4.69, 9.17) is 4.74 Å². The number of pyridine rings is 1. The zero-order chi connectivity index (χ0) is 12.5. The third-order valence-corrected chi connectivity index (χ3v) is 3.58. The lowest BCUT2D eigenvalue weighted by Gasteiger charge is -2.29. The minimum Gasteiger partial charge on any atom is -0.378 e. The van der Waals surface area contributed by atoms with Crippen LogP contribution in [0.25, 0.3) is 0 Å². The Balaban J connectivity index is 1.93. The number of anilines is 1. The molecular formula is C14H18N2O2. The summed E-state index contributed by atoms with van der Waals surface area (Å²) in [6.45, 7) is 4.72. The number of hydrogen-bond donors (Lipinski definition) is 0. The van der Waals surface area contributed by atoms with Gasteiger partial charge < -0.3 is 9.64 Å². The number of ether oxygens (including phenoxy) is 1. The molecule has 0 radical (unpaired) electrons. The van der Waals surface area contributed by atoms with Crippen LogP contribution in [0.1, 0.15) is 41.9 Å². The summed E-state index contributed by atoms with van der Waals surface area (Å²) in [5.74, 6) is 0.640. The lowest BCUT2D eigenvalue weighted by atomic mass is 10.1. The summed E-state index contributed by atoms with van der Waals surface area (Å²) in [7, 11) is 0. The Labute approximate surface area is 107 Å². The lowest BCUT2D eigenvalue weighted by Crippen LogP contribution is -2.37. The van der Waals surface area contributed by atoms with Gasteiger partial charge in [-0.25, -0.2) is 4.98 Å². The maximum absolute atomic E-state index is 11.8. The van der Waals surface area contributed by atoms with E-state index in [0.29, 0.717) is 11.6 Å². The van der Waals surface area contributed by atoms with Crippen LogP contribution in [0.4, 0.5) is 5.69 Å². The molecule has 1 aromatic rings. The molecule has 0 N–H and O–H groups in total. The van der Waals surface area contributed by atoms with Gasteiger partial charge in [0.15, 0.2) is 5.78 Å². The van der Waals surface area contributed by atoms with Gasteiger partial charge >= 0.3 is 0 Å². The summed E-state index contributed by atoms with van der Waals surface area (Å²) >= 11 is 0. The van der Waals surface area contributed by atoms with Crippen molar-refractivity contribution in [3.8, 4) is 0 Å². The Hall–Kier alpha value is -1.42. The van der Waals surface area contributed by atoms with Gasteiger partial charge in [-0.3, -0.25) is 4.79 Å². The van der Waals surface area contributed by atoms with Crippen LogP contribution in [0.15, 0.2) is 12.1 Å². The van der Waals surface area contributed by atoms with Crippen LogP contribution in [0.5, 0.6) is 0 Å². The highest BCUT2D eigenvalue weighted by atomic mass is 16.5. The second-order valence-corrected chi connectivity index (χ2v) is 5.03. The smallest absolute Gasteiger partial charge is 0.180 e. The number of morpholine rings is 1. The number of hydrogen-bond acceptors (Lipinski definition) is 4. The van der Waals surface area contributed by atoms with Gasteiger partial charge in [-0.05, 0) is 25.0 Å². The number of carbonyl (C=O) groups is 1. The average molecular weight is 246 g/mol. The summed E-state index contributed by atoms with van der Waals surface area (Å²) in [6.07, 6.45) is 2.42. The maximum atomic E-state index is 11.8. The van der Waals surface area contributed by atoms with E-state index in [0.717, 1.165) is 37.7 Å². The SMILES string of the molecule is CC(=O)c1nc(C2CC2)ccc1N1CCOCC1. The van der Waals surface area contributed by atoms with Crippen molar-refractivity contribution in [2.24, 2.45) is 0 Å². The van der Waals surface area contributed by atoms with E-state index >= 15 is 0 Å². The van der Waals surface area contributed by atoms with Gasteiger partial charge in [0.05, 0.1) is 18.9 Å². The van der Waals surface area contributed by atoms with Crippen LogP contribution in [0.2, 0.25) is 0 Å². The van der Waals surface area contributed by atoms with Crippen LogP contribution >= 0.6 is 0 Å². The van der Waals surface area contributed by atoms with E-state index in [9.17, 15) is 4.79 Å². The monoisotopic (exact) mass is 246 g/mol. The van der Waals surface area contributed by atoms with E-state index in [1.807, 2.05) is 0 Å². The molecule has 2 fully saturated rings. The summed E-state index contributed by atoms with van der Waals surface area (Å²) in [6, 6.07) is 4.14. The fraction of sp³-hybridized carbons (Fsp3) is 0.571. The van der Waals surface area contributed by atoms with Gasteiger partial charge in [-0.15, -0.1) is 0 Å². The minimum absolute atomic E-state index is 0.0546. The van der Waals surface area contributed by atoms with E-state index in [-0.39, 0.29) is 5.78 Å². The van der Waals surface area contributed by atoms with Gasteiger partial charge in [-0.1, -0.05) is 0 Å². The van der Waals surface area contributed by atoms with E-state index in [1.165, 1.54) is 12.8 Å². The first-order valence-corrected chi connectivity index (χ1v) is 6.60. The van der Waals surface area contributed by atoms with E-state index in [2.05, 4.69) is 22.0 Å². The lowest BCUT2D eigenvalue weighted by molar-refractivity contribution is 0.101. The molecule has 4 nitrogen and oxygen atoms in total. The van der Waals surface area contributed by atoms with Crippen molar-refractivity contribution in [3.05, 3.63) is 23.5 Å². The molecule has 1 aliphatic carbocycles. The first-order valence-electron chi connectivity index (χ1n) is 6.60. The molecule has 0 bridgehead atoms. The number of aromatic nitrogens is 1. The van der Waals surface area contributed by atoms with Crippen molar-refractivity contribution in [3.63, 3.8) is 0 Å². The third kappa shape index (κ3) is 2.25. The zero-order valence-electron chi connectivity index (χ0n) is 10.7. The minimum atomic E-state index is 0.0546. The molecule has 0 spiro atoms. The fourth-order valence-electron chi connectivity index (χ4n) is 2.39. The molecule has 0 amide bonds. The Kier molecular flexibility index (Phi) is 3.04. The molecule has 96 valence electrons. The fourth-order valence-corrected chi connectivity index (χ4v) is 2.39. The van der Waals surface area contributed by atoms with Crippen molar-refractivity contribution in [2.45, 2.75) is 25.7 Å². The Bertz CT molecular complexity index is 463. The number of ketones is 1. The Morgan fingerprint density at radius 1 is 1.33 bits per heavy atom. The molecular weight excluding hydrogens is 228 g/mol. The van der Waals surface area contributed by atoms with E-state index < -0.39 is 0 Å². The van der Waals surface area contributed by atoms with Crippen LogP contribution in [0, 0.1) is 0 Å². The van der Waals surface area contributed by atoms with Crippen LogP contribution < -0.4 is 4.90 Å². The maximum Gasteiger partial charge on any atom is 0.180 e. The molecule has 1 saturated carbocycles. The molecule has 18 heavy (non-hydrogen) atoms. The number of nitrogens with zero attached hydrogens (tertiary/aromatic N) is 2. The first kappa shape index (κ1) is 11.7. The molecule has 2 heterocycles. The summed E-state index contributed by atoms with van der Waals surface area (Å²) in [5, 5.41) is 0. The summed E-state index contributed by atoms with van der Waals surface area (Å²) in [5.41, 5.74) is 2.67. The predicted molar refractivity (Wildman–Crippen MR) is 69.2 cm³/mol. The normalized spacial score (nSPS) is 19.9. The zero-order valence-corrected chi connectivity index (χ0v) is 10.7. The Morgan fingerprint density at radius 3 is 2.67 bits per heavy atom. The highest BCUT2D eigenvalue weighted by molar-refractivity contribution is 5.97. The average Bonchev–Trinajstić information content (AvgIpc) is 3.23. The first-order chi connectivity index (χ1) is 8.75. The van der Waals surface area contributed by atoms with Gasteiger partial charge in [0.25, 0.3) is 0 Å². The molecule has 0 atom stereocenters. The van der Waals surface area contributed by atoms with Gasteiger partial charge in [-0.2, -0.15) is 0 Å². The molecule has 0 unspecified atom stereocenters. The van der Waals surface area contributed by atoms with Crippen LogP contribution in [-0.2, 0) is 4.74 Å². The van der Waals surface area contributed by atoms with Crippen molar-refractivity contribution in [1.29, 1.82) is 0 Å². The molecule has 1 aliphatic heterocycles. The number of carbonyl (C=O) groups excluding carboxylic acids is 1. The highest BCUT2D eigenvalue weighted by Crippen LogP contribution is 2.39. The molecule has 2 aliphatic rings. The largest absolute Gasteiger partial charge is 0.378 e. The van der Waals surface area contributed by atoms with Gasteiger partial charge in [0.1, 0.15) is 5.69 Å². The van der Waals surface area contributed by atoms with Crippen molar-refractivity contribution < 1.29 is 9.53 Å². The van der Waals surface area contributed by atoms with Crippen molar-refractivity contribution >= 4 is 11.5 Å². The summed E-state index contributed by atoms with van der Waals surface area (Å²) in [4.78, 5) is 18.6. The van der Waals surface area contributed by atoms with Gasteiger partial charge in [0.2, 0.25) is 0 Å². The van der Waals surface area contributed by atoms with Crippen molar-refractivity contribution in [2.75, 3.05) is 31.2 Å². The quantitative estimate of drug-likeness (QED) is 0.765. The number of rotatable bonds is 3. The van der Waals surface area contributed by atoms with Crippen LogP contribution in [-0.4, -0.2) is 37.1 Å². The van der Waals surface area contributed by atoms with E-state index in [1.54, 1.807) is 6.92 Å². The molecule has 1 aromatic heterocycles. The van der Waals surface area contributed by atoms with Crippen molar-refractivity contribution in [1.82, 2.24) is 4.98 Å². The summed E-state index contributed by atoms with van der Waals surface area (Å²) < 4.78 is 5.35. The van der Waals surface area contributed by atoms with Crippen LogP contribution in [0.3, 0.4) is 0 Å². The molecule has 1 saturated heterocycles. The number of Topliss-reactive ketones (excluding diaryl/α,β-unsaturated/α-hetero) is 1. The topological polar surface area (TPSA) is 42.4 Å². The molecule has 3 rings (SSSR count). The molecule has 0 aromatic carbocycles. The highest BCUT2D eigenvalue weighted by Gasteiger charge is 2.27. The standard InChI is InChI=1S/C14H18N2O2/c1-10(17)14-13(16-6-8-18-9-7-16)5-4-12(15-14)11-2-3-11/h4-5,11H,2-3,6-9H2,1H3. The van der Waals surface area contributed by atoms with Gasteiger partial charge in [0, 0.05) is 31.6 Å². The predicted octanol–water partition coefficient (Wildman–Crippen LogP) is 2.00. The molecule has 4 heteroatoms.